The lowest BCUT2D eigenvalue weighted by Gasteiger charge is -2.24. The van der Waals surface area contributed by atoms with Crippen molar-refractivity contribution in [2.24, 2.45) is 0 Å². The van der Waals surface area contributed by atoms with Crippen LogP contribution < -0.4 is 0 Å². The van der Waals surface area contributed by atoms with E-state index in [9.17, 15) is 0 Å². The zero-order valence-corrected chi connectivity index (χ0v) is 27.7. The van der Waals surface area contributed by atoms with E-state index in [1.165, 1.54) is 98.7 Å². The van der Waals surface area contributed by atoms with Gasteiger partial charge in [-0.15, -0.1) is 0 Å². The predicted octanol–water partition coefficient (Wildman–Crippen LogP) is 13.6. The molecule has 0 spiro atoms. The fraction of sp³-hybridized carbons (Fsp3) is 0.0612. The molecule has 0 nitrogen and oxygen atoms in total. The van der Waals surface area contributed by atoms with Gasteiger partial charge in [-0.25, -0.2) is 0 Å². The van der Waals surface area contributed by atoms with Crippen LogP contribution in [0.3, 0.4) is 0 Å². The highest BCUT2D eigenvalue weighted by molar-refractivity contribution is 6.22. The number of hydrogen-bond acceptors (Lipinski definition) is 0. The number of rotatable bonds is 3. The molecule has 0 heterocycles. The Balaban J connectivity index is 1.14. The molecule has 230 valence electrons. The SMILES string of the molecule is CC1(C)c2ccccc2-c2cccc(-c3ccc4cc(-c5c6ccccc6c(-c6ccc7ccccc7c6)c6ccccc56)ccc4c3)c21. The van der Waals surface area contributed by atoms with Gasteiger partial charge >= 0.3 is 0 Å². The summed E-state index contributed by atoms with van der Waals surface area (Å²) in [4.78, 5) is 0. The molecular formula is C49H34. The van der Waals surface area contributed by atoms with Crippen molar-refractivity contribution in [3.63, 3.8) is 0 Å². The van der Waals surface area contributed by atoms with Crippen molar-refractivity contribution >= 4 is 43.1 Å². The topological polar surface area (TPSA) is 0 Å². The normalized spacial score (nSPS) is 13.3. The Labute approximate surface area is 286 Å². The average molecular weight is 623 g/mol. The van der Waals surface area contributed by atoms with Crippen LogP contribution in [0.5, 0.6) is 0 Å². The van der Waals surface area contributed by atoms with Crippen LogP contribution in [0, 0.1) is 0 Å². The van der Waals surface area contributed by atoms with E-state index < -0.39 is 0 Å². The van der Waals surface area contributed by atoms with E-state index in [0.29, 0.717) is 0 Å². The molecule has 0 aromatic heterocycles. The molecule has 0 N–H and O–H groups in total. The second-order valence-electron chi connectivity index (χ2n) is 14.1. The van der Waals surface area contributed by atoms with Gasteiger partial charge in [-0.2, -0.15) is 0 Å². The van der Waals surface area contributed by atoms with E-state index in [-0.39, 0.29) is 5.41 Å². The second kappa shape index (κ2) is 10.5. The van der Waals surface area contributed by atoms with Crippen molar-refractivity contribution in [3.05, 3.63) is 181 Å². The molecule has 0 atom stereocenters. The van der Waals surface area contributed by atoms with Crippen LogP contribution >= 0.6 is 0 Å². The molecule has 9 aromatic rings. The van der Waals surface area contributed by atoms with Crippen molar-refractivity contribution in [2.45, 2.75) is 19.3 Å². The third-order valence-corrected chi connectivity index (χ3v) is 11.0. The first-order chi connectivity index (χ1) is 24.1. The minimum absolute atomic E-state index is 0.0531. The van der Waals surface area contributed by atoms with Gasteiger partial charge in [-0.05, 0) is 117 Å². The Hall–Kier alpha value is -5.98. The van der Waals surface area contributed by atoms with E-state index in [4.69, 9.17) is 0 Å². The first-order valence-electron chi connectivity index (χ1n) is 17.3. The van der Waals surface area contributed by atoms with Crippen LogP contribution in [0.2, 0.25) is 0 Å². The van der Waals surface area contributed by atoms with Crippen LogP contribution in [-0.2, 0) is 5.41 Å². The average Bonchev–Trinajstić information content (AvgIpc) is 3.39. The number of hydrogen-bond donors (Lipinski definition) is 0. The molecule has 0 heteroatoms. The Morgan fingerprint density at radius 1 is 0.327 bits per heavy atom. The molecule has 0 fully saturated rings. The summed E-state index contributed by atoms with van der Waals surface area (Å²) in [5, 5.41) is 10.2. The molecule has 1 aliphatic rings. The quantitative estimate of drug-likeness (QED) is 0.172. The second-order valence-corrected chi connectivity index (χ2v) is 14.1. The number of fused-ring (bicyclic) bond motifs is 7. The third-order valence-electron chi connectivity index (χ3n) is 11.0. The van der Waals surface area contributed by atoms with Crippen molar-refractivity contribution in [1.82, 2.24) is 0 Å². The van der Waals surface area contributed by atoms with Gasteiger partial charge in [0, 0.05) is 5.41 Å². The number of benzene rings is 9. The lowest BCUT2D eigenvalue weighted by molar-refractivity contribution is 0.662. The molecule has 1 aliphatic carbocycles. The summed E-state index contributed by atoms with van der Waals surface area (Å²) < 4.78 is 0. The van der Waals surface area contributed by atoms with Gasteiger partial charge in [0.15, 0.2) is 0 Å². The zero-order valence-electron chi connectivity index (χ0n) is 27.7. The van der Waals surface area contributed by atoms with Gasteiger partial charge < -0.3 is 0 Å². The summed E-state index contributed by atoms with van der Waals surface area (Å²) in [7, 11) is 0. The van der Waals surface area contributed by atoms with Gasteiger partial charge in [-0.1, -0.05) is 166 Å². The Bertz CT molecular complexity index is 2740. The summed E-state index contributed by atoms with van der Waals surface area (Å²) in [6.07, 6.45) is 0. The van der Waals surface area contributed by atoms with E-state index in [0.717, 1.165) is 0 Å². The van der Waals surface area contributed by atoms with E-state index in [1.807, 2.05) is 0 Å². The summed E-state index contributed by atoms with van der Waals surface area (Å²) in [6.45, 7) is 4.74. The molecule has 10 rings (SSSR count). The fourth-order valence-corrected chi connectivity index (χ4v) is 8.75. The molecule has 0 saturated heterocycles. The van der Waals surface area contributed by atoms with Gasteiger partial charge in [0.05, 0.1) is 0 Å². The first-order valence-corrected chi connectivity index (χ1v) is 17.3. The van der Waals surface area contributed by atoms with Crippen LogP contribution in [0.25, 0.3) is 87.6 Å². The maximum Gasteiger partial charge on any atom is 0.0165 e. The van der Waals surface area contributed by atoms with Gasteiger partial charge in [-0.3, -0.25) is 0 Å². The smallest absolute Gasteiger partial charge is 0.0165 e. The Morgan fingerprint density at radius 2 is 0.755 bits per heavy atom. The van der Waals surface area contributed by atoms with Crippen molar-refractivity contribution in [3.8, 4) is 44.5 Å². The highest BCUT2D eigenvalue weighted by Crippen LogP contribution is 2.52. The van der Waals surface area contributed by atoms with E-state index in [1.54, 1.807) is 0 Å². The molecule has 0 unspecified atom stereocenters. The van der Waals surface area contributed by atoms with Crippen LogP contribution in [0.4, 0.5) is 0 Å². The Kier molecular flexibility index (Phi) is 6.02. The van der Waals surface area contributed by atoms with Gasteiger partial charge in [0.1, 0.15) is 0 Å². The van der Waals surface area contributed by atoms with Crippen molar-refractivity contribution in [2.75, 3.05) is 0 Å². The predicted molar refractivity (Wildman–Crippen MR) is 210 cm³/mol. The van der Waals surface area contributed by atoms with Gasteiger partial charge in [0.25, 0.3) is 0 Å². The van der Waals surface area contributed by atoms with E-state index >= 15 is 0 Å². The van der Waals surface area contributed by atoms with Crippen LogP contribution in [0.1, 0.15) is 25.0 Å². The van der Waals surface area contributed by atoms with Gasteiger partial charge in [0.2, 0.25) is 0 Å². The minimum atomic E-state index is -0.0531. The largest absolute Gasteiger partial charge is 0.0619 e. The molecule has 0 amide bonds. The van der Waals surface area contributed by atoms with Crippen molar-refractivity contribution in [1.29, 1.82) is 0 Å². The molecular weight excluding hydrogens is 589 g/mol. The monoisotopic (exact) mass is 622 g/mol. The molecule has 0 bridgehead atoms. The fourth-order valence-electron chi connectivity index (χ4n) is 8.75. The summed E-state index contributed by atoms with van der Waals surface area (Å²) in [5.41, 5.74) is 13.2. The minimum Gasteiger partial charge on any atom is -0.0619 e. The zero-order chi connectivity index (χ0) is 32.7. The summed E-state index contributed by atoms with van der Waals surface area (Å²) in [6, 6.07) is 63.2. The molecule has 9 aromatic carbocycles. The highest BCUT2D eigenvalue weighted by atomic mass is 14.4. The molecule has 0 aliphatic heterocycles. The lowest BCUT2D eigenvalue weighted by Crippen LogP contribution is -2.16. The van der Waals surface area contributed by atoms with Crippen molar-refractivity contribution < 1.29 is 0 Å². The maximum absolute atomic E-state index is 2.39. The standard InChI is InChI=1S/C49H34/c1-49(2)45-21-10-9-14-39(45)44-20-11-19-38(48(44)49)35-25-23-34-30-37(27-24-33(34)28-35)47-42-17-7-5-15-40(42)46(41-16-6-8-18-43(41)47)36-26-22-31-12-3-4-13-32(31)29-36/h3-30H,1-2H3. The lowest BCUT2D eigenvalue weighted by atomic mass is 9.78. The van der Waals surface area contributed by atoms with Crippen LogP contribution in [0.15, 0.2) is 170 Å². The first kappa shape index (κ1) is 28.1. The van der Waals surface area contributed by atoms with Crippen LogP contribution in [-0.4, -0.2) is 0 Å². The summed E-state index contributed by atoms with van der Waals surface area (Å²) in [5.74, 6) is 0. The highest BCUT2D eigenvalue weighted by Gasteiger charge is 2.37. The Morgan fingerprint density at radius 3 is 1.39 bits per heavy atom. The molecule has 0 radical (unpaired) electrons. The molecule has 0 saturated carbocycles. The van der Waals surface area contributed by atoms with E-state index in [2.05, 4.69) is 184 Å². The summed E-state index contributed by atoms with van der Waals surface area (Å²) >= 11 is 0. The molecule has 49 heavy (non-hydrogen) atoms. The third kappa shape index (κ3) is 4.17. The maximum atomic E-state index is 2.39.